The topological polar surface area (TPSA) is 54.5 Å². The van der Waals surface area contributed by atoms with Crippen molar-refractivity contribution in [1.82, 2.24) is 4.90 Å². The number of amides is 1. The van der Waals surface area contributed by atoms with Gasteiger partial charge in [0, 0.05) is 19.5 Å². The normalized spacial score (nSPS) is 23.2. The summed E-state index contributed by atoms with van der Waals surface area (Å²) in [4.78, 5) is 13.4. The molecule has 1 heterocycles. The second-order valence-electron chi connectivity index (χ2n) is 4.52. The van der Waals surface area contributed by atoms with E-state index in [1.807, 2.05) is 0 Å². The van der Waals surface area contributed by atoms with Crippen LogP contribution in [0.3, 0.4) is 0 Å². The van der Waals surface area contributed by atoms with Crippen LogP contribution >= 0.6 is 0 Å². The fourth-order valence-corrected chi connectivity index (χ4v) is 3.76. The molecular weight excluding hydrogens is 226 g/mol. The van der Waals surface area contributed by atoms with Gasteiger partial charge >= 0.3 is 0 Å². The van der Waals surface area contributed by atoms with Gasteiger partial charge in [-0.1, -0.05) is 19.8 Å². The molecule has 1 aliphatic rings. The average molecular weight is 247 g/mol. The Morgan fingerprint density at radius 2 is 2.06 bits per heavy atom. The van der Waals surface area contributed by atoms with Gasteiger partial charge in [-0.25, -0.2) is 8.42 Å². The van der Waals surface area contributed by atoms with Gasteiger partial charge in [-0.3, -0.25) is 4.79 Å². The van der Waals surface area contributed by atoms with Crippen LogP contribution in [0.2, 0.25) is 0 Å². The molecule has 1 amide bonds. The Hall–Kier alpha value is -0.580. The molecule has 0 bridgehead atoms. The van der Waals surface area contributed by atoms with Crippen LogP contribution in [-0.4, -0.2) is 43.8 Å². The molecule has 1 unspecified atom stereocenters. The van der Waals surface area contributed by atoms with E-state index in [1.165, 1.54) is 0 Å². The van der Waals surface area contributed by atoms with Crippen LogP contribution in [-0.2, 0) is 14.6 Å². The zero-order valence-electron chi connectivity index (χ0n) is 10.1. The highest BCUT2D eigenvalue weighted by Crippen LogP contribution is 2.17. The van der Waals surface area contributed by atoms with Crippen LogP contribution in [0.15, 0.2) is 0 Å². The zero-order chi connectivity index (χ0) is 12.2. The third kappa shape index (κ3) is 3.77. The predicted molar refractivity (Wildman–Crippen MR) is 64.0 cm³/mol. The van der Waals surface area contributed by atoms with Gasteiger partial charge in [0.25, 0.3) is 0 Å². The molecule has 0 radical (unpaired) electrons. The van der Waals surface area contributed by atoms with Crippen molar-refractivity contribution in [2.45, 2.75) is 45.1 Å². The lowest BCUT2D eigenvalue weighted by molar-refractivity contribution is -0.131. The second kappa shape index (κ2) is 5.66. The highest BCUT2D eigenvalue weighted by Gasteiger charge is 2.32. The molecule has 1 rings (SSSR count). The summed E-state index contributed by atoms with van der Waals surface area (Å²) < 4.78 is 22.6. The first-order valence-corrected chi connectivity index (χ1v) is 7.74. The highest BCUT2D eigenvalue weighted by molar-refractivity contribution is 7.91. The van der Waals surface area contributed by atoms with Gasteiger partial charge in [-0.05, 0) is 12.8 Å². The van der Waals surface area contributed by atoms with E-state index >= 15 is 0 Å². The number of nitrogens with zero attached hydrogens (tertiary/aromatic N) is 1. The van der Waals surface area contributed by atoms with Crippen molar-refractivity contribution in [1.29, 1.82) is 0 Å². The summed E-state index contributed by atoms with van der Waals surface area (Å²) in [5.41, 5.74) is 0. The van der Waals surface area contributed by atoms with Crippen molar-refractivity contribution in [2.24, 2.45) is 0 Å². The van der Waals surface area contributed by atoms with Crippen molar-refractivity contribution in [3.8, 4) is 0 Å². The van der Waals surface area contributed by atoms with E-state index in [1.54, 1.807) is 11.9 Å². The lowest BCUT2D eigenvalue weighted by Gasteiger charge is -2.23. The van der Waals surface area contributed by atoms with Crippen molar-refractivity contribution in [3.63, 3.8) is 0 Å². The smallest absolute Gasteiger partial charge is 0.222 e. The third-order valence-electron chi connectivity index (χ3n) is 3.14. The van der Waals surface area contributed by atoms with Crippen LogP contribution < -0.4 is 0 Å². The minimum Gasteiger partial charge on any atom is -0.342 e. The molecule has 5 heteroatoms. The molecule has 1 atom stereocenters. The van der Waals surface area contributed by atoms with E-state index in [9.17, 15) is 13.2 Å². The lowest BCUT2D eigenvalue weighted by atomic mass is 10.1. The molecule has 0 spiro atoms. The summed E-state index contributed by atoms with van der Waals surface area (Å²) in [7, 11) is -1.17. The Kier molecular flexibility index (Phi) is 4.77. The summed E-state index contributed by atoms with van der Waals surface area (Å²) in [6.07, 6.45) is 4.19. The minimum atomic E-state index is -2.89. The number of carbonyl (C=O) groups is 1. The summed E-state index contributed by atoms with van der Waals surface area (Å²) in [5, 5.41) is 0. The first-order chi connectivity index (χ1) is 7.46. The summed E-state index contributed by atoms with van der Waals surface area (Å²) in [6, 6.07) is -0.0980. The predicted octanol–water partition coefficient (Wildman–Crippen LogP) is 1.21. The molecule has 4 nitrogen and oxygen atoms in total. The van der Waals surface area contributed by atoms with Crippen molar-refractivity contribution < 1.29 is 13.2 Å². The summed E-state index contributed by atoms with van der Waals surface area (Å²) in [6.45, 7) is 2.09. The molecular formula is C11H21NO3S. The van der Waals surface area contributed by atoms with Gasteiger partial charge in [-0.2, -0.15) is 0 Å². The molecule has 94 valence electrons. The molecule has 0 aliphatic carbocycles. The standard InChI is InChI=1S/C11H21NO3S/c1-3-4-5-6-11(13)12(2)10-7-8-16(14,15)9-10/h10H,3-9H2,1-2H3. The maximum Gasteiger partial charge on any atom is 0.222 e. The fourth-order valence-electron chi connectivity index (χ4n) is 1.99. The minimum absolute atomic E-state index is 0.0792. The van der Waals surface area contributed by atoms with Gasteiger partial charge in [0.2, 0.25) is 5.91 Å². The molecule has 0 aromatic heterocycles. The van der Waals surface area contributed by atoms with Crippen LogP contribution in [0, 0.1) is 0 Å². The van der Waals surface area contributed by atoms with E-state index < -0.39 is 9.84 Å². The first-order valence-electron chi connectivity index (χ1n) is 5.92. The number of carbonyl (C=O) groups excluding carboxylic acids is 1. The molecule has 0 aromatic carbocycles. The maximum atomic E-state index is 11.7. The van der Waals surface area contributed by atoms with Crippen molar-refractivity contribution >= 4 is 15.7 Å². The number of hydrogen-bond acceptors (Lipinski definition) is 3. The highest BCUT2D eigenvalue weighted by atomic mass is 32.2. The Morgan fingerprint density at radius 1 is 1.38 bits per heavy atom. The number of hydrogen-bond donors (Lipinski definition) is 0. The van der Waals surface area contributed by atoms with E-state index in [4.69, 9.17) is 0 Å². The van der Waals surface area contributed by atoms with E-state index in [2.05, 4.69) is 6.92 Å². The summed E-state index contributed by atoms with van der Waals surface area (Å²) >= 11 is 0. The van der Waals surface area contributed by atoms with Crippen LogP contribution in [0.1, 0.15) is 39.0 Å². The molecule has 1 fully saturated rings. The molecule has 1 aliphatic heterocycles. The molecule has 16 heavy (non-hydrogen) atoms. The van der Waals surface area contributed by atoms with E-state index in [0.29, 0.717) is 12.8 Å². The van der Waals surface area contributed by atoms with Crippen LogP contribution in [0.25, 0.3) is 0 Å². The molecule has 0 saturated carbocycles. The van der Waals surface area contributed by atoms with Crippen LogP contribution in [0.5, 0.6) is 0 Å². The quantitative estimate of drug-likeness (QED) is 0.686. The van der Waals surface area contributed by atoms with E-state index in [0.717, 1.165) is 19.3 Å². The molecule has 0 N–H and O–H groups in total. The number of sulfone groups is 1. The van der Waals surface area contributed by atoms with Gasteiger partial charge in [0.15, 0.2) is 9.84 Å². The number of unbranched alkanes of at least 4 members (excludes halogenated alkanes) is 2. The number of rotatable bonds is 5. The maximum absolute atomic E-state index is 11.7. The Morgan fingerprint density at radius 3 is 2.56 bits per heavy atom. The Balaban J connectivity index is 2.40. The molecule has 0 aromatic rings. The summed E-state index contributed by atoms with van der Waals surface area (Å²) in [5.74, 6) is 0.448. The second-order valence-corrected chi connectivity index (χ2v) is 6.75. The Bertz CT molecular complexity index is 337. The Labute approximate surface area is 97.9 Å². The zero-order valence-corrected chi connectivity index (χ0v) is 10.9. The average Bonchev–Trinajstić information content (AvgIpc) is 2.58. The van der Waals surface area contributed by atoms with Crippen molar-refractivity contribution in [3.05, 3.63) is 0 Å². The van der Waals surface area contributed by atoms with Crippen molar-refractivity contribution in [2.75, 3.05) is 18.6 Å². The van der Waals surface area contributed by atoms with Gasteiger partial charge < -0.3 is 4.90 Å². The van der Waals surface area contributed by atoms with Gasteiger partial charge in [0.05, 0.1) is 11.5 Å². The van der Waals surface area contributed by atoms with E-state index in [-0.39, 0.29) is 23.5 Å². The first kappa shape index (κ1) is 13.5. The lowest BCUT2D eigenvalue weighted by Crippen LogP contribution is -2.37. The SMILES string of the molecule is CCCCCC(=O)N(C)C1CCS(=O)(=O)C1. The van der Waals surface area contributed by atoms with Gasteiger partial charge in [-0.15, -0.1) is 0 Å². The fraction of sp³-hybridized carbons (Fsp3) is 0.909. The van der Waals surface area contributed by atoms with Gasteiger partial charge in [0.1, 0.15) is 0 Å². The largest absolute Gasteiger partial charge is 0.342 e. The van der Waals surface area contributed by atoms with Crippen LogP contribution in [0.4, 0.5) is 0 Å². The monoisotopic (exact) mass is 247 g/mol. The molecule has 1 saturated heterocycles. The third-order valence-corrected chi connectivity index (χ3v) is 4.89.